The smallest absolute Gasteiger partial charge is 0.0482 e. The molecule has 1 aromatic heterocycles. The first-order valence-corrected chi connectivity index (χ1v) is 6.59. The number of halogens is 1. The van der Waals surface area contributed by atoms with Crippen LogP contribution in [0.4, 0.5) is 5.69 Å². The number of hydrogen-bond donors (Lipinski definition) is 1. The summed E-state index contributed by atoms with van der Waals surface area (Å²) in [5.74, 6) is 0. The second kappa shape index (κ2) is 4.63. The van der Waals surface area contributed by atoms with Crippen LogP contribution in [-0.2, 0) is 13.5 Å². The van der Waals surface area contributed by atoms with E-state index in [4.69, 9.17) is 17.3 Å². The van der Waals surface area contributed by atoms with Crippen LogP contribution in [0.2, 0.25) is 5.02 Å². The standard InChI is InChI=1S/C16H15ClN2/c1-19-10-12(8-11-2-4-13(17)5-3-11)15-9-14(18)6-7-16(15)19/h2-7,9-10H,8,18H2,1H3. The predicted octanol–water partition coefficient (Wildman–Crippen LogP) is 4.00. The molecule has 0 saturated heterocycles. The van der Waals surface area contributed by atoms with E-state index in [2.05, 4.69) is 36.0 Å². The number of aromatic nitrogens is 1. The Morgan fingerprint density at radius 1 is 1.11 bits per heavy atom. The van der Waals surface area contributed by atoms with Gasteiger partial charge in [-0.3, -0.25) is 0 Å². The minimum absolute atomic E-state index is 0.769. The van der Waals surface area contributed by atoms with Crippen molar-refractivity contribution in [3.63, 3.8) is 0 Å². The van der Waals surface area contributed by atoms with Crippen LogP contribution in [0.5, 0.6) is 0 Å². The third kappa shape index (κ3) is 2.32. The van der Waals surface area contributed by atoms with Gasteiger partial charge in [0, 0.05) is 34.9 Å². The summed E-state index contributed by atoms with van der Waals surface area (Å²) in [5, 5.41) is 1.99. The SMILES string of the molecule is Cn1cc(Cc2ccc(Cl)cc2)c2cc(N)ccc21. The van der Waals surface area contributed by atoms with Crippen LogP contribution in [0.25, 0.3) is 10.9 Å². The molecule has 0 radical (unpaired) electrons. The average Bonchev–Trinajstić information content (AvgIpc) is 2.69. The minimum Gasteiger partial charge on any atom is -0.399 e. The molecule has 96 valence electrons. The molecule has 1 heterocycles. The molecule has 3 rings (SSSR count). The van der Waals surface area contributed by atoms with Crippen LogP contribution in [0, 0.1) is 0 Å². The highest BCUT2D eigenvalue weighted by Gasteiger charge is 2.07. The van der Waals surface area contributed by atoms with Crippen LogP contribution in [-0.4, -0.2) is 4.57 Å². The Bertz CT molecular complexity index is 726. The fraction of sp³-hybridized carbons (Fsp3) is 0.125. The number of anilines is 1. The highest BCUT2D eigenvalue weighted by Crippen LogP contribution is 2.25. The Kier molecular flexibility index (Phi) is 2.96. The number of nitrogens with zero attached hydrogens (tertiary/aromatic N) is 1. The van der Waals surface area contributed by atoms with Gasteiger partial charge >= 0.3 is 0 Å². The largest absolute Gasteiger partial charge is 0.399 e. The fourth-order valence-corrected chi connectivity index (χ4v) is 2.58. The van der Waals surface area contributed by atoms with E-state index in [0.717, 1.165) is 17.1 Å². The Hall–Kier alpha value is -1.93. The summed E-state index contributed by atoms with van der Waals surface area (Å²) >= 11 is 5.91. The number of hydrogen-bond acceptors (Lipinski definition) is 1. The molecule has 0 aliphatic heterocycles. The van der Waals surface area contributed by atoms with Crippen molar-refractivity contribution in [2.45, 2.75) is 6.42 Å². The molecule has 2 aromatic carbocycles. The van der Waals surface area contributed by atoms with Gasteiger partial charge < -0.3 is 10.3 Å². The van der Waals surface area contributed by atoms with Crippen molar-refractivity contribution in [2.24, 2.45) is 7.05 Å². The second-order valence-electron chi connectivity index (χ2n) is 4.85. The van der Waals surface area contributed by atoms with Gasteiger partial charge in [-0.15, -0.1) is 0 Å². The topological polar surface area (TPSA) is 30.9 Å². The summed E-state index contributed by atoms with van der Waals surface area (Å²) in [6.07, 6.45) is 3.05. The molecule has 0 spiro atoms. The monoisotopic (exact) mass is 270 g/mol. The molecule has 0 saturated carbocycles. The Morgan fingerprint density at radius 2 is 1.84 bits per heavy atom. The Morgan fingerprint density at radius 3 is 2.58 bits per heavy atom. The Balaban J connectivity index is 2.05. The van der Waals surface area contributed by atoms with Crippen LogP contribution in [0.15, 0.2) is 48.7 Å². The van der Waals surface area contributed by atoms with E-state index in [1.54, 1.807) is 0 Å². The first-order chi connectivity index (χ1) is 9.13. The number of fused-ring (bicyclic) bond motifs is 1. The van der Waals surface area contributed by atoms with Crippen molar-refractivity contribution in [2.75, 3.05) is 5.73 Å². The zero-order chi connectivity index (χ0) is 13.4. The molecule has 0 unspecified atom stereocenters. The minimum atomic E-state index is 0.769. The number of rotatable bonds is 2. The third-order valence-electron chi connectivity index (χ3n) is 3.40. The summed E-state index contributed by atoms with van der Waals surface area (Å²) < 4.78 is 2.14. The molecule has 19 heavy (non-hydrogen) atoms. The summed E-state index contributed by atoms with van der Waals surface area (Å²) in [6, 6.07) is 14.0. The van der Waals surface area contributed by atoms with Crippen LogP contribution >= 0.6 is 11.6 Å². The Labute approximate surface area is 117 Å². The molecule has 0 aliphatic rings. The van der Waals surface area contributed by atoms with Gasteiger partial charge in [0.1, 0.15) is 0 Å². The highest BCUT2D eigenvalue weighted by atomic mass is 35.5. The maximum absolute atomic E-state index is 5.91. The van der Waals surface area contributed by atoms with E-state index in [9.17, 15) is 0 Å². The molecule has 2 nitrogen and oxygen atoms in total. The summed E-state index contributed by atoms with van der Waals surface area (Å²) in [4.78, 5) is 0. The third-order valence-corrected chi connectivity index (χ3v) is 3.66. The van der Waals surface area contributed by atoms with E-state index in [0.29, 0.717) is 0 Å². The molecule has 3 heteroatoms. The lowest BCUT2D eigenvalue weighted by molar-refractivity contribution is 0.958. The molecule has 2 N–H and O–H groups in total. The van der Waals surface area contributed by atoms with Crippen molar-refractivity contribution in [3.05, 3.63) is 64.8 Å². The second-order valence-corrected chi connectivity index (χ2v) is 5.28. The van der Waals surface area contributed by atoms with Crippen molar-refractivity contribution in [1.29, 1.82) is 0 Å². The van der Waals surface area contributed by atoms with Gasteiger partial charge in [0.05, 0.1) is 0 Å². The molecular weight excluding hydrogens is 256 g/mol. The molecular formula is C16H15ClN2. The lowest BCUT2D eigenvalue weighted by atomic mass is 10.0. The van der Waals surface area contributed by atoms with E-state index >= 15 is 0 Å². The lowest BCUT2D eigenvalue weighted by Gasteiger charge is -2.01. The van der Waals surface area contributed by atoms with Gasteiger partial charge in [0.25, 0.3) is 0 Å². The summed E-state index contributed by atoms with van der Waals surface area (Å²) in [7, 11) is 2.06. The van der Waals surface area contributed by atoms with Crippen molar-refractivity contribution in [3.8, 4) is 0 Å². The number of nitrogens with two attached hydrogens (primary N) is 1. The number of benzene rings is 2. The first-order valence-electron chi connectivity index (χ1n) is 6.21. The molecule has 0 bridgehead atoms. The van der Waals surface area contributed by atoms with Crippen molar-refractivity contribution in [1.82, 2.24) is 4.57 Å². The average molecular weight is 271 g/mol. The normalized spacial score (nSPS) is 11.1. The van der Waals surface area contributed by atoms with Gasteiger partial charge in [0.2, 0.25) is 0 Å². The number of aryl methyl sites for hydroxylation is 1. The van der Waals surface area contributed by atoms with Gasteiger partial charge in [0.15, 0.2) is 0 Å². The predicted molar refractivity (Wildman–Crippen MR) is 81.6 cm³/mol. The molecule has 0 amide bonds. The van der Waals surface area contributed by atoms with Crippen molar-refractivity contribution >= 4 is 28.2 Å². The van der Waals surface area contributed by atoms with E-state index in [-0.39, 0.29) is 0 Å². The van der Waals surface area contributed by atoms with Crippen LogP contribution in [0.1, 0.15) is 11.1 Å². The van der Waals surface area contributed by atoms with Gasteiger partial charge in [-0.1, -0.05) is 23.7 Å². The zero-order valence-corrected chi connectivity index (χ0v) is 11.5. The zero-order valence-electron chi connectivity index (χ0n) is 10.7. The van der Waals surface area contributed by atoms with Crippen LogP contribution < -0.4 is 5.73 Å². The highest BCUT2D eigenvalue weighted by molar-refractivity contribution is 6.30. The number of nitrogen functional groups attached to an aromatic ring is 1. The van der Waals surface area contributed by atoms with E-state index < -0.39 is 0 Å². The van der Waals surface area contributed by atoms with Crippen LogP contribution in [0.3, 0.4) is 0 Å². The van der Waals surface area contributed by atoms with Gasteiger partial charge in [-0.2, -0.15) is 0 Å². The maximum atomic E-state index is 5.91. The van der Waals surface area contributed by atoms with E-state index in [1.807, 2.05) is 24.3 Å². The first kappa shape index (κ1) is 12.1. The fourth-order valence-electron chi connectivity index (χ4n) is 2.45. The summed E-state index contributed by atoms with van der Waals surface area (Å²) in [5.41, 5.74) is 10.4. The molecule has 0 fully saturated rings. The molecule has 0 aliphatic carbocycles. The maximum Gasteiger partial charge on any atom is 0.0482 e. The summed E-state index contributed by atoms with van der Waals surface area (Å²) in [6.45, 7) is 0. The lowest BCUT2D eigenvalue weighted by Crippen LogP contribution is -1.87. The van der Waals surface area contributed by atoms with Gasteiger partial charge in [-0.05, 0) is 47.9 Å². The molecule has 0 atom stereocenters. The van der Waals surface area contributed by atoms with Crippen molar-refractivity contribution < 1.29 is 0 Å². The van der Waals surface area contributed by atoms with E-state index in [1.165, 1.54) is 22.0 Å². The quantitative estimate of drug-likeness (QED) is 0.701. The van der Waals surface area contributed by atoms with Gasteiger partial charge in [-0.25, -0.2) is 0 Å². The molecule has 3 aromatic rings.